The summed E-state index contributed by atoms with van der Waals surface area (Å²) in [5, 5.41) is 9.50. The van der Waals surface area contributed by atoms with Crippen LogP contribution in [0, 0.1) is 0 Å². The SMILES string of the molecule is C=CCN(CCOC)C(=O)c1ccc(N)c(O)c1. The molecule has 0 saturated heterocycles. The van der Waals surface area contributed by atoms with Gasteiger partial charge < -0.3 is 20.5 Å². The maximum absolute atomic E-state index is 12.2. The predicted octanol–water partition coefficient (Wildman–Crippen LogP) is 1.25. The van der Waals surface area contributed by atoms with Crippen LogP contribution in [0.5, 0.6) is 5.75 Å². The van der Waals surface area contributed by atoms with Gasteiger partial charge in [0.25, 0.3) is 5.91 Å². The number of anilines is 1. The lowest BCUT2D eigenvalue weighted by Crippen LogP contribution is -2.34. The molecular weight excluding hydrogens is 232 g/mol. The van der Waals surface area contributed by atoms with Gasteiger partial charge in [-0.05, 0) is 18.2 Å². The van der Waals surface area contributed by atoms with Crippen molar-refractivity contribution in [3.63, 3.8) is 0 Å². The number of hydrogen-bond acceptors (Lipinski definition) is 4. The van der Waals surface area contributed by atoms with Crippen molar-refractivity contribution in [2.75, 3.05) is 32.5 Å². The van der Waals surface area contributed by atoms with E-state index in [-0.39, 0.29) is 17.3 Å². The summed E-state index contributed by atoms with van der Waals surface area (Å²) in [6.45, 7) is 4.95. The number of amides is 1. The van der Waals surface area contributed by atoms with Crippen molar-refractivity contribution in [2.45, 2.75) is 0 Å². The van der Waals surface area contributed by atoms with Crippen LogP contribution < -0.4 is 5.73 Å². The van der Waals surface area contributed by atoms with Crippen molar-refractivity contribution < 1.29 is 14.6 Å². The Kier molecular flexibility index (Phi) is 5.20. The summed E-state index contributed by atoms with van der Waals surface area (Å²) in [6, 6.07) is 4.45. The third-order valence-corrected chi connectivity index (χ3v) is 2.48. The maximum atomic E-state index is 12.2. The fraction of sp³-hybridized carbons (Fsp3) is 0.308. The molecule has 0 fully saturated rings. The number of carbonyl (C=O) groups excluding carboxylic acids is 1. The van der Waals surface area contributed by atoms with Crippen molar-refractivity contribution >= 4 is 11.6 Å². The number of benzene rings is 1. The van der Waals surface area contributed by atoms with Crippen molar-refractivity contribution in [2.24, 2.45) is 0 Å². The number of ether oxygens (including phenoxy) is 1. The third kappa shape index (κ3) is 3.49. The average Bonchev–Trinajstić information content (AvgIpc) is 2.37. The summed E-state index contributed by atoms with van der Waals surface area (Å²) in [5.41, 5.74) is 6.13. The van der Waals surface area contributed by atoms with Gasteiger partial charge in [0.1, 0.15) is 5.75 Å². The van der Waals surface area contributed by atoms with E-state index in [0.717, 1.165) is 0 Å². The van der Waals surface area contributed by atoms with Crippen LogP contribution in [0.25, 0.3) is 0 Å². The van der Waals surface area contributed by atoms with Gasteiger partial charge in [-0.3, -0.25) is 4.79 Å². The van der Waals surface area contributed by atoms with Gasteiger partial charge in [0.05, 0.1) is 12.3 Å². The van der Waals surface area contributed by atoms with E-state index in [9.17, 15) is 9.90 Å². The second kappa shape index (κ2) is 6.66. The molecular formula is C13H18N2O3. The third-order valence-electron chi connectivity index (χ3n) is 2.48. The molecule has 1 rings (SSSR count). The van der Waals surface area contributed by atoms with Crippen LogP contribution in [0.4, 0.5) is 5.69 Å². The van der Waals surface area contributed by atoms with E-state index in [4.69, 9.17) is 10.5 Å². The van der Waals surface area contributed by atoms with Crippen molar-refractivity contribution in [3.05, 3.63) is 36.4 Å². The van der Waals surface area contributed by atoms with Gasteiger partial charge in [0, 0.05) is 25.8 Å². The first-order chi connectivity index (χ1) is 8.60. The number of phenols is 1. The minimum absolute atomic E-state index is 0.0915. The molecule has 0 aromatic heterocycles. The predicted molar refractivity (Wildman–Crippen MR) is 70.5 cm³/mol. The fourth-order valence-electron chi connectivity index (χ4n) is 1.49. The van der Waals surface area contributed by atoms with Crippen LogP contribution >= 0.6 is 0 Å². The van der Waals surface area contributed by atoms with E-state index in [0.29, 0.717) is 25.3 Å². The number of carbonyl (C=O) groups is 1. The van der Waals surface area contributed by atoms with Crippen molar-refractivity contribution in [1.29, 1.82) is 0 Å². The molecule has 0 aliphatic rings. The Bertz CT molecular complexity index is 432. The van der Waals surface area contributed by atoms with Gasteiger partial charge in [0.15, 0.2) is 0 Å². The zero-order chi connectivity index (χ0) is 13.5. The van der Waals surface area contributed by atoms with E-state index in [1.165, 1.54) is 12.1 Å². The van der Waals surface area contributed by atoms with E-state index in [2.05, 4.69) is 6.58 Å². The summed E-state index contributed by atoms with van der Waals surface area (Å²) >= 11 is 0. The highest BCUT2D eigenvalue weighted by Crippen LogP contribution is 2.21. The smallest absolute Gasteiger partial charge is 0.254 e. The van der Waals surface area contributed by atoms with E-state index >= 15 is 0 Å². The highest BCUT2D eigenvalue weighted by molar-refractivity contribution is 5.95. The summed E-state index contributed by atoms with van der Waals surface area (Å²) in [7, 11) is 1.58. The van der Waals surface area contributed by atoms with Gasteiger partial charge in [-0.2, -0.15) is 0 Å². The molecule has 1 aromatic rings. The summed E-state index contributed by atoms with van der Waals surface area (Å²) in [6.07, 6.45) is 1.64. The van der Waals surface area contributed by atoms with Crippen LogP contribution in [0.3, 0.4) is 0 Å². The zero-order valence-corrected chi connectivity index (χ0v) is 10.4. The van der Waals surface area contributed by atoms with Crippen molar-refractivity contribution in [3.8, 4) is 5.75 Å². The lowest BCUT2D eigenvalue weighted by atomic mass is 10.1. The number of hydrogen-bond donors (Lipinski definition) is 2. The lowest BCUT2D eigenvalue weighted by Gasteiger charge is -2.20. The van der Waals surface area contributed by atoms with Crippen molar-refractivity contribution in [1.82, 2.24) is 4.90 Å². The van der Waals surface area contributed by atoms with E-state index in [1.807, 2.05) is 0 Å². The van der Waals surface area contributed by atoms with Crippen LogP contribution in [-0.2, 0) is 4.74 Å². The molecule has 1 aromatic carbocycles. The van der Waals surface area contributed by atoms with Crippen LogP contribution in [0.15, 0.2) is 30.9 Å². The Morgan fingerprint density at radius 3 is 2.89 bits per heavy atom. The quantitative estimate of drug-likeness (QED) is 0.452. The molecule has 3 N–H and O–H groups in total. The standard InChI is InChI=1S/C13H18N2O3/c1-3-6-15(7-8-18-2)13(17)10-4-5-11(14)12(16)9-10/h3-5,9,16H,1,6-8,14H2,2H3. The zero-order valence-electron chi connectivity index (χ0n) is 10.4. The van der Waals surface area contributed by atoms with Gasteiger partial charge in [-0.15, -0.1) is 6.58 Å². The minimum Gasteiger partial charge on any atom is -0.506 e. The van der Waals surface area contributed by atoms with Gasteiger partial charge in [0.2, 0.25) is 0 Å². The maximum Gasteiger partial charge on any atom is 0.254 e. The molecule has 0 radical (unpaired) electrons. The highest BCUT2D eigenvalue weighted by atomic mass is 16.5. The second-order valence-electron chi connectivity index (χ2n) is 3.81. The largest absolute Gasteiger partial charge is 0.506 e. The fourth-order valence-corrected chi connectivity index (χ4v) is 1.49. The first-order valence-corrected chi connectivity index (χ1v) is 5.57. The average molecular weight is 250 g/mol. The number of phenolic OH excluding ortho intramolecular Hbond substituents is 1. The second-order valence-corrected chi connectivity index (χ2v) is 3.81. The molecule has 5 heteroatoms. The molecule has 0 aliphatic carbocycles. The first kappa shape index (κ1) is 14.1. The Morgan fingerprint density at radius 2 is 2.33 bits per heavy atom. The molecule has 0 unspecified atom stereocenters. The molecule has 1 amide bonds. The minimum atomic E-state index is -0.192. The highest BCUT2D eigenvalue weighted by Gasteiger charge is 2.15. The number of nitrogen functional groups attached to an aromatic ring is 1. The molecule has 0 spiro atoms. The number of aromatic hydroxyl groups is 1. The van der Waals surface area contributed by atoms with Crippen LogP contribution in [-0.4, -0.2) is 42.7 Å². The van der Waals surface area contributed by atoms with Crippen LogP contribution in [0.2, 0.25) is 0 Å². The number of rotatable bonds is 6. The molecule has 0 saturated carbocycles. The number of methoxy groups -OCH3 is 1. The summed E-state index contributed by atoms with van der Waals surface area (Å²) in [5.74, 6) is -0.284. The lowest BCUT2D eigenvalue weighted by molar-refractivity contribution is 0.0718. The molecule has 5 nitrogen and oxygen atoms in total. The Labute approximate surface area is 106 Å². The summed E-state index contributed by atoms with van der Waals surface area (Å²) < 4.78 is 4.95. The molecule has 98 valence electrons. The molecule has 18 heavy (non-hydrogen) atoms. The monoisotopic (exact) mass is 250 g/mol. The topological polar surface area (TPSA) is 75.8 Å². The molecule has 0 aliphatic heterocycles. The van der Waals surface area contributed by atoms with Gasteiger partial charge in [-0.1, -0.05) is 6.08 Å². The van der Waals surface area contributed by atoms with E-state index < -0.39 is 0 Å². The number of nitrogens with two attached hydrogens (primary N) is 1. The summed E-state index contributed by atoms with van der Waals surface area (Å²) in [4.78, 5) is 13.8. The first-order valence-electron chi connectivity index (χ1n) is 5.57. The normalized spacial score (nSPS) is 10.1. The Hall–Kier alpha value is -2.01. The molecule has 0 atom stereocenters. The van der Waals surface area contributed by atoms with Gasteiger partial charge >= 0.3 is 0 Å². The molecule has 0 bridgehead atoms. The van der Waals surface area contributed by atoms with E-state index in [1.54, 1.807) is 24.2 Å². The molecule has 0 heterocycles. The van der Waals surface area contributed by atoms with Gasteiger partial charge in [-0.25, -0.2) is 0 Å². The number of nitrogens with zero attached hydrogens (tertiary/aromatic N) is 1. The van der Waals surface area contributed by atoms with Crippen LogP contribution in [0.1, 0.15) is 10.4 Å². The Morgan fingerprint density at radius 1 is 1.61 bits per heavy atom. The Balaban J connectivity index is 2.86.